The Bertz CT molecular complexity index is 1120. The van der Waals surface area contributed by atoms with Gasteiger partial charge >= 0.3 is 0 Å². The molecule has 1 unspecified atom stereocenters. The van der Waals surface area contributed by atoms with Crippen LogP contribution in [0.2, 0.25) is 0 Å². The monoisotopic (exact) mass is 432 g/mol. The molecule has 0 bridgehead atoms. The standard InChI is InChI=1S/C24H24N4O2S/c1-16-26-27-23(31-16)25-21(29)20-18-12-6-7-13-19(18)22(30)28(17-10-4-2-5-11-17)24(20)14-8-3-9-15-24/h2,4-7,10-13,20H,3,8-9,14-15H2,1H3,(H,25,27,29). The zero-order valence-corrected chi connectivity index (χ0v) is 18.2. The molecule has 2 aromatic carbocycles. The molecular weight excluding hydrogens is 408 g/mol. The fraction of sp³-hybridized carbons (Fsp3) is 0.333. The van der Waals surface area contributed by atoms with Gasteiger partial charge in [0.2, 0.25) is 11.0 Å². The molecule has 2 aliphatic rings. The van der Waals surface area contributed by atoms with Gasteiger partial charge in [0.05, 0.1) is 11.5 Å². The lowest BCUT2D eigenvalue weighted by atomic mass is 9.65. The lowest BCUT2D eigenvalue weighted by Crippen LogP contribution is -2.62. The molecule has 1 aromatic heterocycles. The fourth-order valence-corrected chi connectivity index (χ4v) is 5.82. The molecule has 1 saturated carbocycles. The van der Waals surface area contributed by atoms with Crippen molar-refractivity contribution in [2.24, 2.45) is 0 Å². The number of hydrogen-bond acceptors (Lipinski definition) is 5. The van der Waals surface area contributed by atoms with E-state index in [-0.39, 0.29) is 11.8 Å². The predicted octanol–water partition coefficient (Wildman–Crippen LogP) is 4.93. The van der Waals surface area contributed by atoms with Crippen molar-refractivity contribution in [1.29, 1.82) is 0 Å². The number of amides is 2. The van der Waals surface area contributed by atoms with Gasteiger partial charge in [-0.1, -0.05) is 67.0 Å². The third kappa shape index (κ3) is 3.33. The Labute approximate surface area is 185 Å². The Kier molecular flexibility index (Phi) is 5.06. The SMILES string of the molecule is Cc1nnc(NC(=O)C2c3ccccc3C(=O)N(c3ccccc3)C23CCCCC3)s1. The number of benzene rings is 2. The number of carbonyl (C=O) groups is 2. The molecule has 0 radical (unpaired) electrons. The summed E-state index contributed by atoms with van der Waals surface area (Å²) in [6.07, 6.45) is 4.66. The number of carbonyl (C=O) groups excluding carboxylic acids is 2. The second-order valence-electron chi connectivity index (χ2n) is 8.28. The molecule has 2 amide bonds. The van der Waals surface area contributed by atoms with Crippen LogP contribution in [0.15, 0.2) is 54.6 Å². The van der Waals surface area contributed by atoms with Gasteiger partial charge in [-0.2, -0.15) is 0 Å². The topological polar surface area (TPSA) is 75.2 Å². The molecule has 6 nitrogen and oxygen atoms in total. The maximum absolute atomic E-state index is 13.8. The fourth-order valence-electron chi connectivity index (χ4n) is 5.22. The number of anilines is 2. The Balaban J connectivity index is 1.68. The lowest BCUT2D eigenvalue weighted by Gasteiger charge is -2.53. The summed E-state index contributed by atoms with van der Waals surface area (Å²) in [6.45, 7) is 1.86. The average molecular weight is 433 g/mol. The van der Waals surface area contributed by atoms with E-state index in [1.54, 1.807) is 0 Å². The van der Waals surface area contributed by atoms with E-state index in [0.29, 0.717) is 10.7 Å². The molecule has 1 N–H and O–H groups in total. The van der Waals surface area contributed by atoms with Crippen molar-refractivity contribution in [3.63, 3.8) is 0 Å². The number of hydrogen-bond donors (Lipinski definition) is 1. The Morgan fingerprint density at radius 1 is 1.03 bits per heavy atom. The summed E-state index contributed by atoms with van der Waals surface area (Å²) in [5.74, 6) is -0.635. The second kappa shape index (κ2) is 7.89. The molecule has 0 saturated heterocycles. The Hall–Kier alpha value is -3.06. The van der Waals surface area contributed by atoms with E-state index in [9.17, 15) is 9.59 Å². The highest BCUT2D eigenvalue weighted by molar-refractivity contribution is 7.15. The molecule has 31 heavy (non-hydrogen) atoms. The van der Waals surface area contributed by atoms with Crippen LogP contribution in [0.3, 0.4) is 0 Å². The molecule has 3 aromatic rings. The number of para-hydroxylation sites is 1. The van der Waals surface area contributed by atoms with Crippen LogP contribution in [0.25, 0.3) is 0 Å². The molecule has 1 fully saturated rings. The minimum absolute atomic E-state index is 0.0282. The van der Waals surface area contributed by atoms with Gasteiger partial charge in [0.15, 0.2) is 0 Å². The van der Waals surface area contributed by atoms with Crippen LogP contribution in [-0.2, 0) is 4.79 Å². The normalized spacial score (nSPS) is 19.8. The van der Waals surface area contributed by atoms with Crippen LogP contribution in [0.5, 0.6) is 0 Å². The lowest BCUT2D eigenvalue weighted by molar-refractivity contribution is -0.119. The van der Waals surface area contributed by atoms with Crippen molar-refractivity contribution >= 4 is 34.0 Å². The van der Waals surface area contributed by atoms with Crippen LogP contribution < -0.4 is 10.2 Å². The van der Waals surface area contributed by atoms with Gasteiger partial charge in [0, 0.05) is 11.3 Å². The largest absolute Gasteiger partial charge is 0.301 e. The van der Waals surface area contributed by atoms with Gasteiger partial charge in [0.25, 0.3) is 5.91 Å². The highest BCUT2D eigenvalue weighted by Gasteiger charge is 2.55. The van der Waals surface area contributed by atoms with Gasteiger partial charge < -0.3 is 4.90 Å². The highest BCUT2D eigenvalue weighted by atomic mass is 32.1. The quantitative estimate of drug-likeness (QED) is 0.637. The van der Waals surface area contributed by atoms with Gasteiger partial charge in [-0.05, 0) is 43.5 Å². The molecule has 1 aliphatic heterocycles. The van der Waals surface area contributed by atoms with Gasteiger partial charge in [-0.15, -0.1) is 10.2 Å². The minimum atomic E-state index is -0.602. The van der Waals surface area contributed by atoms with E-state index in [0.717, 1.165) is 48.4 Å². The van der Waals surface area contributed by atoms with Crippen LogP contribution in [0.4, 0.5) is 10.8 Å². The minimum Gasteiger partial charge on any atom is -0.301 e. The number of nitrogens with one attached hydrogen (secondary N) is 1. The van der Waals surface area contributed by atoms with Crippen LogP contribution in [-0.4, -0.2) is 27.6 Å². The molecule has 5 rings (SSSR count). The molecule has 2 heterocycles. The van der Waals surface area contributed by atoms with Crippen molar-refractivity contribution in [2.45, 2.75) is 50.5 Å². The predicted molar refractivity (Wildman–Crippen MR) is 122 cm³/mol. The Morgan fingerprint density at radius 3 is 2.45 bits per heavy atom. The first-order valence-corrected chi connectivity index (χ1v) is 11.5. The van der Waals surface area contributed by atoms with E-state index < -0.39 is 11.5 Å². The van der Waals surface area contributed by atoms with Crippen LogP contribution in [0.1, 0.15) is 59.0 Å². The smallest absolute Gasteiger partial charge is 0.259 e. The molecular formula is C24H24N4O2S. The number of aromatic nitrogens is 2. The van der Waals surface area contributed by atoms with Gasteiger partial charge in [-0.3, -0.25) is 14.9 Å². The van der Waals surface area contributed by atoms with E-state index in [1.807, 2.05) is 66.4 Å². The summed E-state index contributed by atoms with van der Waals surface area (Å²) < 4.78 is 0. The van der Waals surface area contributed by atoms with Crippen molar-refractivity contribution in [3.8, 4) is 0 Å². The van der Waals surface area contributed by atoms with Crippen molar-refractivity contribution in [3.05, 3.63) is 70.7 Å². The summed E-state index contributed by atoms with van der Waals surface area (Å²) in [6, 6.07) is 17.3. The van der Waals surface area contributed by atoms with E-state index in [1.165, 1.54) is 11.3 Å². The Morgan fingerprint density at radius 2 is 1.74 bits per heavy atom. The molecule has 7 heteroatoms. The van der Waals surface area contributed by atoms with E-state index >= 15 is 0 Å². The van der Waals surface area contributed by atoms with Crippen LogP contribution >= 0.6 is 11.3 Å². The molecule has 1 atom stereocenters. The number of aryl methyl sites for hydroxylation is 1. The van der Waals surface area contributed by atoms with Crippen LogP contribution in [0, 0.1) is 6.92 Å². The maximum Gasteiger partial charge on any atom is 0.259 e. The van der Waals surface area contributed by atoms with Crippen molar-refractivity contribution < 1.29 is 9.59 Å². The van der Waals surface area contributed by atoms with E-state index in [2.05, 4.69) is 15.5 Å². The molecule has 1 spiro atoms. The first-order chi connectivity index (χ1) is 15.1. The number of fused-ring (bicyclic) bond motifs is 1. The summed E-state index contributed by atoms with van der Waals surface area (Å²) in [5.41, 5.74) is 1.64. The maximum atomic E-state index is 13.8. The number of nitrogens with zero attached hydrogens (tertiary/aromatic N) is 3. The summed E-state index contributed by atoms with van der Waals surface area (Å²) >= 11 is 1.36. The third-order valence-electron chi connectivity index (χ3n) is 6.44. The highest BCUT2D eigenvalue weighted by Crippen LogP contribution is 2.51. The first kappa shape index (κ1) is 19.9. The zero-order valence-electron chi connectivity index (χ0n) is 17.4. The zero-order chi connectivity index (χ0) is 21.4. The van der Waals surface area contributed by atoms with Gasteiger partial charge in [0.1, 0.15) is 5.01 Å². The molecule has 158 valence electrons. The second-order valence-corrected chi connectivity index (χ2v) is 9.46. The van der Waals surface area contributed by atoms with Crippen molar-refractivity contribution in [1.82, 2.24) is 10.2 Å². The van der Waals surface area contributed by atoms with Crippen molar-refractivity contribution in [2.75, 3.05) is 10.2 Å². The average Bonchev–Trinajstić information content (AvgIpc) is 3.19. The summed E-state index contributed by atoms with van der Waals surface area (Å²) in [4.78, 5) is 29.5. The van der Waals surface area contributed by atoms with E-state index in [4.69, 9.17) is 0 Å². The third-order valence-corrected chi connectivity index (χ3v) is 7.19. The summed E-state index contributed by atoms with van der Waals surface area (Å²) in [5, 5.41) is 12.4. The number of rotatable bonds is 3. The first-order valence-electron chi connectivity index (χ1n) is 10.7. The summed E-state index contributed by atoms with van der Waals surface area (Å²) in [7, 11) is 0. The van der Waals surface area contributed by atoms with Gasteiger partial charge in [-0.25, -0.2) is 0 Å². The molecule has 1 aliphatic carbocycles.